The highest BCUT2D eigenvalue weighted by Crippen LogP contribution is 2.41. The smallest absolute Gasteiger partial charge is 0.322 e. The minimum absolute atomic E-state index is 0.0394. The first kappa shape index (κ1) is 23.0. The summed E-state index contributed by atoms with van der Waals surface area (Å²) in [5, 5.41) is 2.95. The van der Waals surface area contributed by atoms with E-state index in [4.69, 9.17) is 4.98 Å². The quantitative estimate of drug-likeness (QED) is 0.644. The van der Waals surface area contributed by atoms with Crippen LogP contribution in [0.25, 0.3) is 5.70 Å². The van der Waals surface area contributed by atoms with Gasteiger partial charge >= 0.3 is 6.03 Å². The summed E-state index contributed by atoms with van der Waals surface area (Å²) in [6.07, 6.45) is 6.83. The molecular formula is C29H36N6O. The van der Waals surface area contributed by atoms with Gasteiger partial charge in [0.1, 0.15) is 5.82 Å². The molecule has 1 aliphatic carbocycles. The second-order valence-electron chi connectivity index (χ2n) is 10.5. The normalized spacial score (nSPS) is 20.4. The van der Waals surface area contributed by atoms with Crippen LogP contribution in [0.15, 0.2) is 49.3 Å². The molecule has 4 heterocycles. The maximum atomic E-state index is 12.7. The Kier molecular flexibility index (Phi) is 5.86. The molecule has 0 unspecified atom stereocenters. The number of rotatable bonds is 6. The first-order chi connectivity index (χ1) is 17.5. The van der Waals surface area contributed by atoms with E-state index >= 15 is 0 Å². The Morgan fingerprint density at radius 2 is 1.86 bits per heavy atom. The van der Waals surface area contributed by atoms with Gasteiger partial charge in [0.05, 0.1) is 5.69 Å². The van der Waals surface area contributed by atoms with Crippen molar-refractivity contribution in [3.05, 3.63) is 66.0 Å². The fraction of sp³-hybridized carbons (Fsp3) is 0.448. The number of anilines is 3. The van der Waals surface area contributed by atoms with Gasteiger partial charge in [-0.15, -0.1) is 0 Å². The van der Waals surface area contributed by atoms with Gasteiger partial charge in [0.15, 0.2) is 0 Å². The van der Waals surface area contributed by atoms with E-state index < -0.39 is 0 Å². The number of hydrogen-bond donors (Lipinski definition) is 1. The predicted octanol–water partition coefficient (Wildman–Crippen LogP) is 4.70. The molecule has 188 valence electrons. The number of aromatic nitrogens is 1. The van der Waals surface area contributed by atoms with Gasteiger partial charge in [0.2, 0.25) is 0 Å². The molecule has 1 aromatic heterocycles. The molecule has 7 nitrogen and oxygen atoms in total. The van der Waals surface area contributed by atoms with Crippen LogP contribution in [0.1, 0.15) is 48.3 Å². The molecule has 0 atom stereocenters. The topological polar surface area (TPSA) is 55.0 Å². The van der Waals surface area contributed by atoms with E-state index in [0.717, 1.165) is 85.6 Å². The van der Waals surface area contributed by atoms with Crippen molar-refractivity contribution in [1.29, 1.82) is 0 Å². The van der Waals surface area contributed by atoms with Crippen molar-refractivity contribution < 1.29 is 4.79 Å². The summed E-state index contributed by atoms with van der Waals surface area (Å²) in [6, 6.07) is 8.72. The third kappa shape index (κ3) is 4.21. The lowest BCUT2D eigenvalue weighted by Gasteiger charge is -2.39. The Hall–Kier alpha value is -3.48. The summed E-state index contributed by atoms with van der Waals surface area (Å²) in [4.78, 5) is 26.4. The maximum Gasteiger partial charge on any atom is 0.322 e. The second kappa shape index (κ2) is 9.19. The molecule has 7 heteroatoms. The lowest BCUT2D eigenvalue weighted by Crippen LogP contribution is -2.46. The van der Waals surface area contributed by atoms with Crippen molar-refractivity contribution >= 4 is 28.9 Å². The fourth-order valence-electron chi connectivity index (χ4n) is 5.82. The predicted molar refractivity (Wildman–Crippen MR) is 147 cm³/mol. The molecule has 4 fully saturated rings. The number of nitrogens with zero attached hydrogens (tertiary/aromatic N) is 5. The molecule has 6 rings (SSSR count). The monoisotopic (exact) mass is 484 g/mol. The first-order valence-electron chi connectivity index (χ1n) is 13.3. The van der Waals surface area contributed by atoms with Crippen LogP contribution in [-0.4, -0.2) is 61.7 Å². The Bertz CT molecular complexity index is 1210. The van der Waals surface area contributed by atoms with Gasteiger partial charge < -0.3 is 20.0 Å². The summed E-state index contributed by atoms with van der Waals surface area (Å²) in [7, 11) is 0. The van der Waals surface area contributed by atoms with Crippen LogP contribution in [0.5, 0.6) is 0 Å². The molecule has 0 radical (unpaired) electrons. The van der Waals surface area contributed by atoms with Gasteiger partial charge in [-0.3, -0.25) is 4.90 Å². The zero-order valence-electron chi connectivity index (χ0n) is 21.3. The van der Waals surface area contributed by atoms with Crippen LogP contribution >= 0.6 is 0 Å². The Morgan fingerprint density at radius 1 is 1.06 bits per heavy atom. The lowest BCUT2D eigenvalue weighted by molar-refractivity contribution is 0.252. The van der Waals surface area contributed by atoms with Gasteiger partial charge in [0.25, 0.3) is 0 Å². The highest BCUT2D eigenvalue weighted by atomic mass is 16.2. The Balaban J connectivity index is 1.21. The van der Waals surface area contributed by atoms with Crippen molar-refractivity contribution in [2.24, 2.45) is 0 Å². The number of amides is 2. The zero-order valence-corrected chi connectivity index (χ0v) is 21.3. The number of piperazine rings is 1. The van der Waals surface area contributed by atoms with Crippen molar-refractivity contribution in [2.75, 3.05) is 60.5 Å². The van der Waals surface area contributed by atoms with Gasteiger partial charge in [-0.2, -0.15) is 0 Å². The summed E-state index contributed by atoms with van der Waals surface area (Å²) in [6.45, 7) is 16.8. The van der Waals surface area contributed by atoms with Crippen molar-refractivity contribution in [3.63, 3.8) is 0 Å². The average molecular weight is 485 g/mol. The molecule has 4 aliphatic rings. The number of benzene rings is 1. The minimum atomic E-state index is -0.0394. The number of allylic oxidation sites excluding steroid dienone is 1. The Morgan fingerprint density at radius 3 is 2.50 bits per heavy atom. The van der Waals surface area contributed by atoms with E-state index in [1.165, 1.54) is 24.0 Å². The van der Waals surface area contributed by atoms with E-state index in [2.05, 4.69) is 70.6 Å². The molecule has 0 spiro atoms. The number of carbonyl (C=O) groups is 1. The largest absolute Gasteiger partial charge is 0.368 e. The van der Waals surface area contributed by atoms with Crippen LogP contribution in [0.3, 0.4) is 0 Å². The van der Waals surface area contributed by atoms with Gasteiger partial charge in [-0.05, 0) is 67.9 Å². The molecule has 36 heavy (non-hydrogen) atoms. The number of aryl methyl sites for hydroxylation is 1. The van der Waals surface area contributed by atoms with Crippen LogP contribution in [0.2, 0.25) is 0 Å². The third-order valence-electron chi connectivity index (χ3n) is 8.06. The molecular weight excluding hydrogens is 448 g/mol. The number of urea groups is 1. The number of pyridine rings is 1. The fourth-order valence-corrected chi connectivity index (χ4v) is 5.82. The highest BCUT2D eigenvalue weighted by Gasteiger charge is 2.29. The van der Waals surface area contributed by atoms with Crippen molar-refractivity contribution in [3.8, 4) is 0 Å². The van der Waals surface area contributed by atoms with E-state index in [0.29, 0.717) is 13.1 Å². The maximum absolute atomic E-state index is 12.7. The van der Waals surface area contributed by atoms with E-state index in [-0.39, 0.29) is 6.03 Å². The van der Waals surface area contributed by atoms with Gasteiger partial charge in [-0.25, -0.2) is 9.78 Å². The van der Waals surface area contributed by atoms with E-state index in [1.807, 2.05) is 4.90 Å². The summed E-state index contributed by atoms with van der Waals surface area (Å²) in [5.74, 6) is 1.83. The highest BCUT2D eigenvalue weighted by molar-refractivity contribution is 5.97. The van der Waals surface area contributed by atoms with Crippen LogP contribution < -0.4 is 20.0 Å². The van der Waals surface area contributed by atoms with Crippen molar-refractivity contribution in [2.45, 2.75) is 38.5 Å². The molecule has 0 bridgehead atoms. The molecule has 2 aromatic rings. The minimum Gasteiger partial charge on any atom is -0.368 e. The third-order valence-corrected chi connectivity index (χ3v) is 8.06. The van der Waals surface area contributed by atoms with Crippen LogP contribution in [-0.2, 0) is 0 Å². The summed E-state index contributed by atoms with van der Waals surface area (Å²) < 4.78 is 0. The second-order valence-corrected chi connectivity index (χ2v) is 10.5. The zero-order chi connectivity index (χ0) is 24.8. The summed E-state index contributed by atoms with van der Waals surface area (Å²) in [5.41, 5.74) is 7.84. The first-order valence-corrected chi connectivity index (χ1v) is 13.3. The van der Waals surface area contributed by atoms with Gasteiger partial charge in [-0.1, -0.05) is 19.2 Å². The standard InChI is InChI=1S/C29H36N6O/c1-20-17-24(23-6-7-23)19-31-28(20)33-15-13-32(14-16-33)22(3)26-9-8-25(34-11-4-5-21(34)2)18-27(26)35-12-10-30-29(35)36/h8-9,17-19,23H,2-7,10-16H2,1H3,(H,30,36). The molecule has 3 saturated heterocycles. The number of nitrogens with one attached hydrogen (secondary N) is 1. The molecule has 2 amide bonds. The number of carbonyl (C=O) groups excluding carboxylic acids is 1. The Labute approximate surface area is 214 Å². The van der Waals surface area contributed by atoms with E-state index in [9.17, 15) is 4.79 Å². The molecule has 1 aromatic carbocycles. The molecule has 1 N–H and O–H groups in total. The van der Waals surface area contributed by atoms with Gasteiger partial charge in [0, 0.05) is 74.7 Å². The van der Waals surface area contributed by atoms with Crippen LogP contribution in [0.4, 0.5) is 22.0 Å². The molecule has 3 aliphatic heterocycles. The average Bonchev–Trinajstić information content (AvgIpc) is 3.52. The molecule has 1 saturated carbocycles. The summed E-state index contributed by atoms with van der Waals surface area (Å²) >= 11 is 0. The SMILES string of the molecule is C=C(c1ccc(N2CCCC2=C)cc1N1CCNC1=O)N1CCN(c2ncc(C3CC3)cc2C)CC1. The number of hydrogen-bond acceptors (Lipinski definition) is 5. The van der Waals surface area contributed by atoms with E-state index in [1.54, 1.807) is 0 Å². The lowest BCUT2D eigenvalue weighted by atomic mass is 10.1. The van der Waals surface area contributed by atoms with Crippen LogP contribution in [0, 0.1) is 6.92 Å². The van der Waals surface area contributed by atoms with Crippen molar-refractivity contribution in [1.82, 2.24) is 15.2 Å².